The summed E-state index contributed by atoms with van der Waals surface area (Å²) >= 11 is 6.14. The summed E-state index contributed by atoms with van der Waals surface area (Å²) in [6.07, 6.45) is 0.322. The maximum absolute atomic E-state index is 12.4. The quantitative estimate of drug-likeness (QED) is 0.770. The van der Waals surface area contributed by atoms with Gasteiger partial charge in [0.2, 0.25) is 5.91 Å². The first-order valence-corrected chi connectivity index (χ1v) is 9.52. The lowest BCUT2D eigenvalue weighted by Crippen LogP contribution is -2.44. The summed E-state index contributed by atoms with van der Waals surface area (Å²) in [6, 6.07) is 14.6. The first kappa shape index (κ1) is 19.4. The van der Waals surface area contributed by atoms with Crippen molar-refractivity contribution in [3.05, 3.63) is 59.1 Å². The van der Waals surface area contributed by atoms with Crippen molar-refractivity contribution < 1.29 is 9.59 Å². The Hall–Kier alpha value is -2.37. The molecule has 6 heteroatoms. The van der Waals surface area contributed by atoms with Gasteiger partial charge in [0.25, 0.3) is 0 Å². The molecule has 1 fully saturated rings. The Kier molecular flexibility index (Phi) is 6.48. The van der Waals surface area contributed by atoms with Gasteiger partial charge in [0.15, 0.2) is 5.78 Å². The number of carbonyl (C=O) groups excluding carboxylic acids is 2. The number of piperazine rings is 1. The molecule has 1 saturated heterocycles. The highest BCUT2D eigenvalue weighted by Crippen LogP contribution is 2.30. The van der Waals surface area contributed by atoms with Crippen LogP contribution in [-0.2, 0) is 4.79 Å². The van der Waals surface area contributed by atoms with Gasteiger partial charge in [0, 0.05) is 49.6 Å². The van der Waals surface area contributed by atoms with Gasteiger partial charge in [-0.1, -0.05) is 41.9 Å². The van der Waals surface area contributed by atoms with Crippen LogP contribution in [0, 0.1) is 0 Å². The van der Waals surface area contributed by atoms with Crippen molar-refractivity contribution in [2.45, 2.75) is 12.8 Å². The first-order chi connectivity index (χ1) is 13.0. The summed E-state index contributed by atoms with van der Waals surface area (Å²) in [5.74, 6) is -0.215. The molecule has 0 saturated carbocycles. The SMILES string of the molecule is CN1CCN(c2ccc(Cl)cc2NC(=O)CCC(=O)c2ccccc2)CC1. The van der Waals surface area contributed by atoms with Gasteiger partial charge in [0.1, 0.15) is 0 Å². The molecule has 2 aromatic carbocycles. The minimum absolute atomic E-state index is 0.0314. The van der Waals surface area contributed by atoms with Crippen molar-refractivity contribution >= 4 is 34.7 Å². The van der Waals surface area contributed by atoms with E-state index in [9.17, 15) is 9.59 Å². The summed E-state index contributed by atoms with van der Waals surface area (Å²) in [5.41, 5.74) is 2.30. The van der Waals surface area contributed by atoms with Gasteiger partial charge in [-0.25, -0.2) is 0 Å². The van der Waals surface area contributed by atoms with Gasteiger partial charge in [-0.15, -0.1) is 0 Å². The van der Waals surface area contributed by atoms with Crippen molar-refractivity contribution in [1.82, 2.24) is 4.90 Å². The van der Waals surface area contributed by atoms with Gasteiger partial charge in [0.05, 0.1) is 11.4 Å². The second-order valence-electron chi connectivity index (χ2n) is 6.79. The van der Waals surface area contributed by atoms with Crippen LogP contribution in [-0.4, -0.2) is 49.8 Å². The van der Waals surface area contributed by atoms with Crippen LogP contribution in [0.3, 0.4) is 0 Å². The van der Waals surface area contributed by atoms with Crippen LogP contribution in [0.25, 0.3) is 0 Å². The number of benzene rings is 2. The zero-order chi connectivity index (χ0) is 19.2. The molecule has 1 aliphatic rings. The molecule has 0 aromatic heterocycles. The lowest BCUT2D eigenvalue weighted by atomic mass is 10.1. The molecule has 0 bridgehead atoms. The van der Waals surface area contributed by atoms with E-state index >= 15 is 0 Å². The number of likely N-dealkylation sites (N-methyl/N-ethyl adjacent to an activating group) is 1. The molecular formula is C21H24ClN3O2. The average Bonchev–Trinajstić information content (AvgIpc) is 2.68. The van der Waals surface area contributed by atoms with Gasteiger partial charge < -0.3 is 15.1 Å². The van der Waals surface area contributed by atoms with E-state index in [0.29, 0.717) is 16.3 Å². The van der Waals surface area contributed by atoms with Crippen molar-refractivity contribution in [3.63, 3.8) is 0 Å². The van der Waals surface area contributed by atoms with Crippen molar-refractivity contribution in [2.24, 2.45) is 0 Å². The number of nitrogens with zero attached hydrogens (tertiary/aromatic N) is 2. The summed E-state index contributed by atoms with van der Waals surface area (Å²) in [5, 5.41) is 3.51. The highest BCUT2D eigenvalue weighted by atomic mass is 35.5. The predicted molar refractivity (Wildman–Crippen MR) is 110 cm³/mol. The number of nitrogens with one attached hydrogen (secondary N) is 1. The minimum Gasteiger partial charge on any atom is -0.367 e. The number of hydrogen-bond acceptors (Lipinski definition) is 4. The van der Waals surface area contributed by atoms with Crippen LogP contribution >= 0.6 is 11.6 Å². The van der Waals surface area contributed by atoms with Crippen LogP contribution in [0.1, 0.15) is 23.2 Å². The second-order valence-corrected chi connectivity index (χ2v) is 7.23. The number of halogens is 1. The van der Waals surface area contributed by atoms with Gasteiger partial charge in [-0.3, -0.25) is 9.59 Å². The Balaban J connectivity index is 1.63. The molecule has 1 N–H and O–H groups in total. The maximum atomic E-state index is 12.4. The number of hydrogen-bond donors (Lipinski definition) is 1. The Morgan fingerprint density at radius 3 is 2.41 bits per heavy atom. The Bertz CT molecular complexity index is 802. The fourth-order valence-corrected chi connectivity index (χ4v) is 3.31. The van der Waals surface area contributed by atoms with Crippen LogP contribution < -0.4 is 10.2 Å². The third-order valence-corrected chi connectivity index (χ3v) is 4.99. The van der Waals surface area contributed by atoms with Crippen molar-refractivity contribution in [3.8, 4) is 0 Å². The molecule has 27 heavy (non-hydrogen) atoms. The lowest BCUT2D eigenvalue weighted by Gasteiger charge is -2.35. The van der Waals surface area contributed by atoms with Gasteiger partial charge in [-0.2, -0.15) is 0 Å². The average molecular weight is 386 g/mol. The molecule has 0 spiro atoms. The van der Waals surface area contributed by atoms with Crippen LogP contribution in [0.5, 0.6) is 0 Å². The van der Waals surface area contributed by atoms with E-state index in [1.165, 1.54) is 0 Å². The van der Waals surface area contributed by atoms with E-state index in [0.717, 1.165) is 31.9 Å². The molecule has 1 heterocycles. The number of carbonyl (C=O) groups is 2. The van der Waals surface area contributed by atoms with Gasteiger partial charge in [-0.05, 0) is 25.2 Å². The summed E-state index contributed by atoms with van der Waals surface area (Å²) in [6.45, 7) is 3.74. The number of anilines is 2. The third-order valence-electron chi connectivity index (χ3n) is 4.75. The Morgan fingerprint density at radius 1 is 1.00 bits per heavy atom. The molecular weight excluding hydrogens is 362 g/mol. The summed E-state index contributed by atoms with van der Waals surface area (Å²) < 4.78 is 0. The fourth-order valence-electron chi connectivity index (χ4n) is 3.14. The molecule has 1 amide bonds. The molecule has 0 aliphatic carbocycles. The zero-order valence-electron chi connectivity index (χ0n) is 15.5. The third kappa shape index (κ3) is 5.31. The Labute approximate surface area is 164 Å². The summed E-state index contributed by atoms with van der Waals surface area (Å²) in [7, 11) is 2.10. The smallest absolute Gasteiger partial charge is 0.224 e. The number of Topliss-reactive ketones (excluding diaryl/α,β-unsaturated/α-hetero) is 1. The molecule has 142 valence electrons. The Morgan fingerprint density at radius 2 is 1.70 bits per heavy atom. The van der Waals surface area contributed by atoms with E-state index in [-0.39, 0.29) is 24.5 Å². The second kappa shape index (κ2) is 9.02. The van der Waals surface area contributed by atoms with E-state index < -0.39 is 0 Å². The van der Waals surface area contributed by atoms with Crippen LogP contribution in [0.2, 0.25) is 5.02 Å². The molecule has 5 nitrogen and oxygen atoms in total. The van der Waals surface area contributed by atoms with Crippen LogP contribution in [0.4, 0.5) is 11.4 Å². The molecule has 2 aromatic rings. The monoisotopic (exact) mass is 385 g/mol. The number of ketones is 1. The standard InChI is InChI=1S/C21H24ClN3O2/c1-24-11-13-25(14-12-24)19-8-7-17(22)15-18(19)23-21(27)10-9-20(26)16-5-3-2-4-6-16/h2-8,15H,9-14H2,1H3,(H,23,27). The maximum Gasteiger partial charge on any atom is 0.224 e. The van der Waals surface area contributed by atoms with Gasteiger partial charge >= 0.3 is 0 Å². The lowest BCUT2D eigenvalue weighted by molar-refractivity contribution is -0.116. The largest absolute Gasteiger partial charge is 0.367 e. The normalized spacial score (nSPS) is 14.8. The number of rotatable bonds is 6. The molecule has 0 unspecified atom stereocenters. The topological polar surface area (TPSA) is 52.6 Å². The molecule has 3 rings (SSSR count). The van der Waals surface area contributed by atoms with Crippen molar-refractivity contribution in [1.29, 1.82) is 0 Å². The highest BCUT2D eigenvalue weighted by Gasteiger charge is 2.18. The van der Waals surface area contributed by atoms with E-state index in [4.69, 9.17) is 11.6 Å². The van der Waals surface area contributed by atoms with E-state index in [1.54, 1.807) is 18.2 Å². The fraction of sp³-hybridized carbons (Fsp3) is 0.333. The minimum atomic E-state index is -0.183. The highest BCUT2D eigenvalue weighted by molar-refractivity contribution is 6.31. The van der Waals surface area contributed by atoms with Crippen molar-refractivity contribution in [2.75, 3.05) is 43.4 Å². The first-order valence-electron chi connectivity index (χ1n) is 9.14. The molecule has 1 aliphatic heterocycles. The van der Waals surface area contributed by atoms with Crippen LogP contribution in [0.15, 0.2) is 48.5 Å². The molecule has 0 radical (unpaired) electrons. The van der Waals surface area contributed by atoms with E-state index in [1.807, 2.05) is 30.3 Å². The van der Waals surface area contributed by atoms with E-state index in [2.05, 4.69) is 22.2 Å². The predicted octanol–water partition coefficient (Wildman–Crippen LogP) is 3.69. The molecule has 0 atom stereocenters. The summed E-state index contributed by atoms with van der Waals surface area (Å²) in [4.78, 5) is 29.1. The zero-order valence-corrected chi connectivity index (χ0v) is 16.2. The number of amides is 1.